The summed E-state index contributed by atoms with van der Waals surface area (Å²) in [6.07, 6.45) is 12.2. The van der Waals surface area contributed by atoms with E-state index in [1.165, 1.54) is 90.7 Å². The second-order valence-electron chi connectivity index (χ2n) is 13.2. The summed E-state index contributed by atoms with van der Waals surface area (Å²) in [5, 5.41) is 2.97. The molecular weight excluding hydrogens is 491 g/mol. The van der Waals surface area contributed by atoms with Crippen LogP contribution in [-0.4, -0.2) is 16.9 Å². The first kappa shape index (κ1) is 21.6. The highest BCUT2D eigenvalue weighted by molar-refractivity contribution is 7.20. The maximum absolute atomic E-state index is 2.84. The quantitative estimate of drug-likeness (QED) is 0.185. The maximum atomic E-state index is 2.84. The summed E-state index contributed by atoms with van der Waals surface area (Å²) in [6, 6.07) is 19.4. The molecule has 5 heterocycles. The minimum Gasteiger partial charge on any atom is -0.367 e. The summed E-state index contributed by atoms with van der Waals surface area (Å²) in [5.41, 5.74) is 15.1. The Morgan fingerprint density at radius 1 is 0.974 bits per heavy atom. The molecule has 3 aromatic carbocycles. The number of aryl methyl sites for hydroxylation is 2. The molecule has 5 aliphatic rings. The lowest BCUT2D eigenvalue weighted by Crippen LogP contribution is -2.61. The van der Waals surface area contributed by atoms with Crippen molar-refractivity contribution in [2.75, 3.05) is 4.90 Å². The zero-order valence-electron chi connectivity index (χ0n) is 22.9. The van der Waals surface area contributed by atoms with Crippen LogP contribution < -0.4 is 15.8 Å². The van der Waals surface area contributed by atoms with Crippen LogP contribution in [0.2, 0.25) is 0 Å². The molecule has 1 fully saturated rings. The van der Waals surface area contributed by atoms with Crippen LogP contribution in [0.25, 0.3) is 38.3 Å². The first-order chi connectivity index (χ1) is 19.0. The zero-order chi connectivity index (χ0) is 25.8. The van der Waals surface area contributed by atoms with Gasteiger partial charge in [0.1, 0.15) is 0 Å². The molecule has 2 aromatic heterocycles. The lowest BCUT2D eigenvalue weighted by atomic mass is 9.45. The van der Waals surface area contributed by atoms with Gasteiger partial charge in [-0.1, -0.05) is 68.3 Å². The van der Waals surface area contributed by atoms with Crippen molar-refractivity contribution >= 4 is 67.7 Å². The van der Waals surface area contributed by atoms with Crippen molar-refractivity contribution < 1.29 is 0 Å². The van der Waals surface area contributed by atoms with Gasteiger partial charge in [-0.25, -0.2) is 0 Å². The molecule has 2 atom stereocenters. The molecule has 5 aromatic rings. The molecular formula is C35H31BN2S. The number of hydrogen-bond acceptors (Lipinski definition) is 2. The van der Waals surface area contributed by atoms with Crippen molar-refractivity contribution in [1.29, 1.82) is 0 Å². The summed E-state index contributed by atoms with van der Waals surface area (Å²) in [6.45, 7) is 7.67. The molecule has 0 saturated heterocycles. The van der Waals surface area contributed by atoms with E-state index < -0.39 is 0 Å². The van der Waals surface area contributed by atoms with Crippen LogP contribution in [-0.2, 0) is 11.8 Å². The Balaban J connectivity index is 1.41. The van der Waals surface area contributed by atoms with Gasteiger partial charge >= 0.3 is 6.85 Å². The number of allylic oxidation sites excluding steroid dienone is 1. The fourth-order valence-electron chi connectivity index (χ4n) is 9.57. The fourth-order valence-corrected chi connectivity index (χ4v) is 10.9. The second kappa shape index (κ2) is 6.73. The Morgan fingerprint density at radius 3 is 2.77 bits per heavy atom. The van der Waals surface area contributed by atoms with Crippen LogP contribution >= 0.6 is 11.3 Å². The third-order valence-electron chi connectivity index (χ3n) is 11.4. The Bertz CT molecular complexity index is 1990. The molecule has 2 nitrogen and oxygen atoms in total. The van der Waals surface area contributed by atoms with E-state index in [2.05, 4.69) is 90.8 Å². The number of anilines is 2. The minimum absolute atomic E-state index is 0.0985. The van der Waals surface area contributed by atoms with Gasteiger partial charge in [0, 0.05) is 43.5 Å². The molecule has 0 amide bonds. The summed E-state index contributed by atoms with van der Waals surface area (Å²) in [7, 11) is 0. The third-order valence-corrected chi connectivity index (χ3v) is 12.6. The van der Waals surface area contributed by atoms with Gasteiger partial charge in [-0.3, -0.25) is 0 Å². The number of para-hydroxylation sites is 2. The number of hydrogen-bond donors (Lipinski definition) is 0. The molecule has 1 saturated carbocycles. The number of thiophene rings is 1. The highest BCUT2D eigenvalue weighted by Gasteiger charge is 2.61. The maximum Gasteiger partial charge on any atom is 0.333 e. The lowest BCUT2D eigenvalue weighted by molar-refractivity contribution is 0.195. The number of nitrogens with zero attached hydrogens (tertiary/aromatic N) is 2. The largest absolute Gasteiger partial charge is 0.367 e. The van der Waals surface area contributed by atoms with Gasteiger partial charge < -0.3 is 9.38 Å². The van der Waals surface area contributed by atoms with E-state index in [1.54, 1.807) is 11.1 Å². The van der Waals surface area contributed by atoms with Crippen LogP contribution in [0.5, 0.6) is 0 Å². The molecule has 10 rings (SSSR count). The first-order valence-electron chi connectivity index (χ1n) is 14.8. The average Bonchev–Trinajstić information content (AvgIpc) is 3.54. The molecule has 2 aliphatic carbocycles. The molecule has 3 aliphatic heterocycles. The van der Waals surface area contributed by atoms with Crippen molar-refractivity contribution in [3.8, 4) is 11.1 Å². The van der Waals surface area contributed by atoms with Crippen LogP contribution in [0.1, 0.15) is 67.5 Å². The topological polar surface area (TPSA) is 8.17 Å². The summed E-state index contributed by atoms with van der Waals surface area (Å²) >= 11 is 2.02. The van der Waals surface area contributed by atoms with Gasteiger partial charge in [-0.05, 0) is 84.9 Å². The number of benzene rings is 3. The van der Waals surface area contributed by atoms with Crippen molar-refractivity contribution in [1.82, 2.24) is 4.48 Å². The molecule has 0 bridgehead atoms. The highest BCUT2D eigenvalue weighted by atomic mass is 32.1. The number of fused-ring (bicyclic) bond motifs is 12. The summed E-state index contributed by atoms with van der Waals surface area (Å²) in [5.74, 6) is 0. The van der Waals surface area contributed by atoms with Crippen molar-refractivity contribution in [2.24, 2.45) is 0 Å². The standard InChI is InChI=1S/C35H31BN2S/c1-20-18-24-21-11-8-12-23-29-22-10-4-5-15-28(22)39-33(29)38(31(21)23)36-26-14-9-13-25-32(26)37(27(19-20)30(24)36)35(3)17-7-6-16-34(25,35)2/h5,8-9,11-15,18-19H,4,6-7,10,16-17H2,1-3H3. The Morgan fingerprint density at radius 2 is 1.85 bits per heavy atom. The van der Waals surface area contributed by atoms with E-state index in [0.717, 1.165) is 12.8 Å². The van der Waals surface area contributed by atoms with E-state index in [-0.39, 0.29) is 17.8 Å². The molecule has 4 heteroatoms. The molecule has 190 valence electrons. The SMILES string of the molecule is Cc1cc2c3c(c1)N1c4c(cccc4C4(C)CCCCC14C)B3n1c3sc4c(c3c3cccc-2c31)CCC=C4. The van der Waals surface area contributed by atoms with Crippen LogP contribution in [0.4, 0.5) is 11.4 Å². The second-order valence-corrected chi connectivity index (χ2v) is 14.2. The van der Waals surface area contributed by atoms with Crippen molar-refractivity contribution in [3.05, 3.63) is 76.2 Å². The van der Waals surface area contributed by atoms with E-state index in [0.29, 0.717) is 0 Å². The Hall–Kier alpha value is -3.24. The number of aromatic nitrogens is 1. The lowest BCUT2D eigenvalue weighted by Gasteiger charge is -2.52. The Kier molecular flexibility index (Phi) is 3.72. The van der Waals surface area contributed by atoms with Crippen LogP contribution in [0.3, 0.4) is 0 Å². The van der Waals surface area contributed by atoms with E-state index in [4.69, 9.17) is 0 Å². The van der Waals surface area contributed by atoms with E-state index in [9.17, 15) is 0 Å². The van der Waals surface area contributed by atoms with Gasteiger partial charge in [0.25, 0.3) is 0 Å². The van der Waals surface area contributed by atoms with E-state index >= 15 is 0 Å². The van der Waals surface area contributed by atoms with Crippen molar-refractivity contribution in [3.63, 3.8) is 0 Å². The smallest absolute Gasteiger partial charge is 0.333 e. The highest BCUT2D eigenvalue weighted by Crippen LogP contribution is 2.61. The number of rotatable bonds is 0. The zero-order valence-corrected chi connectivity index (χ0v) is 23.7. The van der Waals surface area contributed by atoms with Gasteiger partial charge in [-0.2, -0.15) is 0 Å². The molecule has 0 radical (unpaired) electrons. The average molecular weight is 523 g/mol. The Labute approximate surface area is 234 Å². The minimum atomic E-state index is 0.0985. The molecule has 39 heavy (non-hydrogen) atoms. The van der Waals surface area contributed by atoms with Gasteiger partial charge in [0.2, 0.25) is 0 Å². The molecule has 0 N–H and O–H groups in total. The molecule has 0 spiro atoms. The predicted octanol–water partition coefficient (Wildman–Crippen LogP) is 7.81. The normalized spacial score (nSPS) is 25.2. The fraction of sp³-hybridized carbons (Fsp3) is 0.314. The summed E-state index contributed by atoms with van der Waals surface area (Å²) < 4.78 is 2.78. The van der Waals surface area contributed by atoms with Crippen molar-refractivity contribution in [2.45, 2.75) is 70.3 Å². The van der Waals surface area contributed by atoms with Gasteiger partial charge in [0.05, 0.1) is 10.4 Å². The third kappa shape index (κ3) is 2.22. The van der Waals surface area contributed by atoms with Crippen LogP contribution in [0, 0.1) is 6.92 Å². The predicted molar refractivity (Wildman–Crippen MR) is 168 cm³/mol. The first-order valence-corrected chi connectivity index (χ1v) is 15.7. The van der Waals surface area contributed by atoms with E-state index in [1.807, 2.05) is 11.3 Å². The van der Waals surface area contributed by atoms with Crippen LogP contribution in [0.15, 0.2) is 54.6 Å². The monoisotopic (exact) mass is 522 g/mol. The summed E-state index contributed by atoms with van der Waals surface area (Å²) in [4.78, 5) is 5.78. The van der Waals surface area contributed by atoms with Gasteiger partial charge in [0.15, 0.2) is 0 Å². The molecule has 2 unspecified atom stereocenters. The van der Waals surface area contributed by atoms with Gasteiger partial charge in [-0.15, -0.1) is 11.3 Å².